The molecule has 0 aliphatic carbocycles. The number of rotatable bonds is 10. The first-order valence-electron chi connectivity index (χ1n) is 10.9. The number of hydrogen-bond donors (Lipinski definition) is 3. The van der Waals surface area contributed by atoms with Crippen LogP contribution in [0.1, 0.15) is 41.3 Å². The second kappa shape index (κ2) is 11.4. The lowest BCUT2D eigenvalue weighted by atomic mass is 9.75. The van der Waals surface area contributed by atoms with Crippen molar-refractivity contribution in [2.24, 2.45) is 0 Å². The molecule has 0 aromatic heterocycles. The highest BCUT2D eigenvalue weighted by molar-refractivity contribution is 6.43. The number of hydrogen-bond acceptors (Lipinski definition) is 4. The lowest BCUT2D eigenvalue weighted by Crippen LogP contribution is -2.47. The van der Waals surface area contributed by atoms with E-state index >= 15 is 0 Å². The van der Waals surface area contributed by atoms with E-state index in [4.69, 9.17) is 0 Å². The van der Waals surface area contributed by atoms with Crippen LogP contribution in [0.15, 0.2) is 78.9 Å². The van der Waals surface area contributed by atoms with Gasteiger partial charge in [-0.2, -0.15) is 0 Å². The molecule has 0 fully saturated rings. The average Bonchev–Trinajstić information content (AvgIpc) is 2.82. The molecule has 1 atom stereocenters. The zero-order valence-electron chi connectivity index (χ0n) is 18.2. The summed E-state index contributed by atoms with van der Waals surface area (Å²) in [7, 11) is -1.69. The van der Waals surface area contributed by atoms with Crippen LogP contribution < -0.4 is 5.32 Å². The van der Waals surface area contributed by atoms with Crippen LogP contribution in [-0.4, -0.2) is 34.8 Å². The monoisotopic (exact) mass is 429 g/mol. The number of Topliss-reactive ketones (excluding diaryl/α,β-unsaturated/α-hetero) is 1. The van der Waals surface area contributed by atoms with Crippen molar-refractivity contribution in [2.75, 3.05) is 0 Å². The van der Waals surface area contributed by atoms with E-state index in [0.717, 1.165) is 28.7 Å². The van der Waals surface area contributed by atoms with Gasteiger partial charge in [0.25, 0.3) is 0 Å². The third-order valence-electron chi connectivity index (χ3n) is 5.43. The molecule has 0 spiro atoms. The molecule has 3 N–H and O–H groups in total. The van der Waals surface area contributed by atoms with Gasteiger partial charge in [0, 0.05) is 18.4 Å². The van der Waals surface area contributed by atoms with Crippen molar-refractivity contribution in [1.82, 2.24) is 5.32 Å². The van der Waals surface area contributed by atoms with Crippen LogP contribution in [0.5, 0.6) is 0 Å². The van der Waals surface area contributed by atoms with Crippen LogP contribution in [0.2, 0.25) is 0 Å². The van der Waals surface area contributed by atoms with Gasteiger partial charge in [-0.3, -0.25) is 9.59 Å². The summed E-state index contributed by atoms with van der Waals surface area (Å²) in [6.45, 7) is 2.05. The van der Waals surface area contributed by atoms with Crippen LogP contribution >= 0.6 is 0 Å². The van der Waals surface area contributed by atoms with Crippen molar-refractivity contribution in [3.63, 3.8) is 0 Å². The SMILES string of the molecule is CCc1cccc(C[C@H](NC(=O)CCC(=O)c2cccc(-c3ccccc3)c2)B(O)O)c1. The number of aryl methyl sites for hydroxylation is 1. The molecule has 0 unspecified atom stereocenters. The normalized spacial score (nSPS) is 11.6. The van der Waals surface area contributed by atoms with Crippen LogP contribution in [0.3, 0.4) is 0 Å². The molecule has 164 valence electrons. The summed E-state index contributed by atoms with van der Waals surface area (Å²) in [5.74, 6) is -1.36. The van der Waals surface area contributed by atoms with E-state index in [0.29, 0.717) is 12.0 Å². The molecule has 3 aromatic rings. The average molecular weight is 429 g/mol. The Hall–Kier alpha value is -3.22. The van der Waals surface area contributed by atoms with Crippen molar-refractivity contribution < 1.29 is 19.6 Å². The predicted molar refractivity (Wildman–Crippen MR) is 127 cm³/mol. The first-order valence-corrected chi connectivity index (χ1v) is 10.9. The van der Waals surface area contributed by atoms with E-state index < -0.39 is 13.1 Å². The Morgan fingerprint density at radius 1 is 0.844 bits per heavy atom. The van der Waals surface area contributed by atoms with Crippen LogP contribution in [0, 0.1) is 0 Å². The van der Waals surface area contributed by atoms with Crippen molar-refractivity contribution >= 4 is 18.8 Å². The summed E-state index contributed by atoms with van der Waals surface area (Å²) in [5.41, 5.74) is 4.57. The van der Waals surface area contributed by atoms with E-state index in [1.807, 2.05) is 79.7 Å². The van der Waals surface area contributed by atoms with Gasteiger partial charge in [0.05, 0.1) is 5.94 Å². The maximum absolute atomic E-state index is 12.6. The van der Waals surface area contributed by atoms with Gasteiger partial charge in [0.2, 0.25) is 5.91 Å². The quantitative estimate of drug-likeness (QED) is 0.340. The predicted octanol–water partition coefficient (Wildman–Crippen LogP) is 3.62. The molecule has 0 saturated heterocycles. The smallest absolute Gasteiger partial charge is 0.426 e. The number of nitrogens with one attached hydrogen (secondary N) is 1. The summed E-state index contributed by atoms with van der Waals surface area (Å²) in [4.78, 5) is 25.0. The van der Waals surface area contributed by atoms with Gasteiger partial charge in [0.1, 0.15) is 0 Å². The Labute approximate surface area is 189 Å². The van der Waals surface area contributed by atoms with Gasteiger partial charge in [-0.1, -0.05) is 79.7 Å². The summed E-state index contributed by atoms with van der Waals surface area (Å²) < 4.78 is 0. The fourth-order valence-electron chi connectivity index (χ4n) is 3.61. The fraction of sp³-hybridized carbons (Fsp3) is 0.231. The zero-order valence-corrected chi connectivity index (χ0v) is 18.2. The highest BCUT2D eigenvalue weighted by atomic mass is 16.4. The minimum atomic E-state index is -1.69. The standard InChI is InChI=1S/C26H28BNO4/c1-2-19-8-6-9-20(16-19)17-25(27(31)32)28-26(30)15-14-24(29)23-13-7-12-22(18-23)21-10-4-3-5-11-21/h3-13,16,18,25,31-32H,2,14-15,17H2,1H3,(H,28,30)/t25-/m0/s1. The first kappa shape index (κ1) is 23.4. The van der Waals surface area contributed by atoms with Gasteiger partial charge in [-0.25, -0.2) is 0 Å². The maximum atomic E-state index is 12.6. The Kier molecular flexibility index (Phi) is 8.37. The van der Waals surface area contributed by atoms with Gasteiger partial charge < -0.3 is 15.4 Å². The van der Waals surface area contributed by atoms with E-state index in [9.17, 15) is 19.6 Å². The van der Waals surface area contributed by atoms with Gasteiger partial charge >= 0.3 is 7.12 Å². The minimum Gasteiger partial charge on any atom is -0.426 e. The topological polar surface area (TPSA) is 86.6 Å². The summed E-state index contributed by atoms with van der Waals surface area (Å²) in [5, 5.41) is 22.1. The number of amides is 1. The molecular formula is C26H28BNO4. The van der Waals surface area contributed by atoms with Crippen molar-refractivity contribution in [3.8, 4) is 11.1 Å². The van der Waals surface area contributed by atoms with Crippen molar-refractivity contribution in [3.05, 3.63) is 95.6 Å². The van der Waals surface area contributed by atoms with E-state index in [-0.39, 0.29) is 24.5 Å². The summed E-state index contributed by atoms with van der Waals surface area (Å²) in [6, 6.07) is 24.9. The van der Waals surface area contributed by atoms with Gasteiger partial charge in [-0.05, 0) is 41.2 Å². The lowest BCUT2D eigenvalue weighted by molar-refractivity contribution is -0.121. The Morgan fingerprint density at radius 3 is 2.25 bits per heavy atom. The van der Waals surface area contributed by atoms with Gasteiger partial charge in [-0.15, -0.1) is 0 Å². The van der Waals surface area contributed by atoms with Crippen LogP contribution in [-0.2, 0) is 17.6 Å². The molecule has 0 aliphatic rings. The summed E-state index contributed by atoms with van der Waals surface area (Å²) >= 11 is 0. The molecule has 0 saturated carbocycles. The summed E-state index contributed by atoms with van der Waals surface area (Å²) in [6.07, 6.45) is 1.20. The second-order valence-electron chi connectivity index (χ2n) is 7.84. The number of benzene rings is 3. The first-order chi connectivity index (χ1) is 15.5. The largest absolute Gasteiger partial charge is 0.475 e. The Bertz CT molecular complexity index is 1050. The molecule has 3 aromatic carbocycles. The Morgan fingerprint density at radius 2 is 1.53 bits per heavy atom. The van der Waals surface area contributed by atoms with Crippen molar-refractivity contribution in [1.29, 1.82) is 0 Å². The number of ketones is 1. The highest BCUT2D eigenvalue weighted by Crippen LogP contribution is 2.21. The van der Waals surface area contributed by atoms with E-state index in [1.165, 1.54) is 0 Å². The van der Waals surface area contributed by atoms with Crippen LogP contribution in [0.4, 0.5) is 0 Å². The molecule has 0 bridgehead atoms. The minimum absolute atomic E-state index is 0.0212. The zero-order chi connectivity index (χ0) is 22.9. The van der Waals surface area contributed by atoms with E-state index in [1.54, 1.807) is 6.07 Å². The third-order valence-corrected chi connectivity index (χ3v) is 5.43. The van der Waals surface area contributed by atoms with Gasteiger partial charge in [0.15, 0.2) is 5.78 Å². The molecule has 32 heavy (non-hydrogen) atoms. The molecule has 6 heteroatoms. The fourth-order valence-corrected chi connectivity index (χ4v) is 3.61. The third kappa shape index (κ3) is 6.64. The molecule has 5 nitrogen and oxygen atoms in total. The van der Waals surface area contributed by atoms with Crippen LogP contribution in [0.25, 0.3) is 11.1 Å². The molecular weight excluding hydrogens is 401 g/mol. The van der Waals surface area contributed by atoms with E-state index in [2.05, 4.69) is 5.32 Å². The van der Waals surface area contributed by atoms with Crippen molar-refractivity contribution in [2.45, 2.75) is 38.5 Å². The lowest BCUT2D eigenvalue weighted by Gasteiger charge is -2.18. The Balaban J connectivity index is 1.57. The molecule has 0 aliphatic heterocycles. The maximum Gasteiger partial charge on any atom is 0.475 e. The molecule has 0 radical (unpaired) electrons. The molecule has 0 heterocycles. The molecule has 3 rings (SSSR count). The highest BCUT2D eigenvalue weighted by Gasteiger charge is 2.25. The number of carbonyl (C=O) groups excluding carboxylic acids is 2. The molecule has 1 amide bonds. The number of carbonyl (C=O) groups is 2. The second-order valence-corrected chi connectivity index (χ2v) is 7.84.